The molecule has 2 saturated heterocycles. The van der Waals surface area contributed by atoms with Crippen LogP contribution in [0.25, 0.3) is 0 Å². The lowest BCUT2D eigenvalue weighted by Gasteiger charge is -2.27. The van der Waals surface area contributed by atoms with E-state index in [9.17, 15) is 4.79 Å². The predicted molar refractivity (Wildman–Crippen MR) is 87.5 cm³/mol. The van der Waals surface area contributed by atoms with E-state index in [0.717, 1.165) is 31.7 Å². The lowest BCUT2D eigenvalue weighted by Crippen LogP contribution is -2.50. The summed E-state index contributed by atoms with van der Waals surface area (Å²) in [6, 6.07) is 10.5. The summed E-state index contributed by atoms with van der Waals surface area (Å²) in [5.74, 6) is 0.422. The molecule has 0 bridgehead atoms. The van der Waals surface area contributed by atoms with Crippen LogP contribution in [0.4, 0.5) is 5.69 Å². The third-order valence-electron chi connectivity index (χ3n) is 4.61. The van der Waals surface area contributed by atoms with Crippen molar-refractivity contribution in [1.82, 2.24) is 21.5 Å². The normalized spacial score (nSPS) is 27.2. The maximum Gasteiger partial charge on any atom is 0.238 e. The van der Waals surface area contributed by atoms with Crippen molar-refractivity contribution < 1.29 is 4.79 Å². The minimum Gasteiger partial charge on any atom is -0.373 e. The van der Waals surface area contributed by atoms with Crippen LogP contribution in [-0.4, -0.2) is 51.2 Å². The van der Waals surface area contributed by atoms with E-state index in [0.29, 0.717) is 18.5 Å². The quantitative estimate of drug-likeness (QED) is 0.601. The number of rotatable bonds is 5. The lowest BCUT2D eigenvalue weighted by molar-refractivity contribution is -0.123. The molecule has 0 saturated carbocycles. The molecule has 3 unspecified atom stereocenters. The van der Waals surface area contributed by atoms with Crippen molar-refractivity contribution in [2.24, 2.45) is 5.92 Å². The number of likely N-dealkylation sites (N-methyl/N-ethyl adjacent to an activating group) is 1. The molecule has 1 amide bonds. The van der Waals surface area contributed by atoms with Gasteiger partial charge in [0.15, 0.2) is 0 Å². The first-order valence-corrected chi connectivity index (χ1v) is 8.01. The van der Waals surface area contributed by atoms with E-state index in [-0.39, 0.29) is 11.9 Å². The number of piperidine rings is 1. The largest absolute Gasteiger partial charge is 0.373 e. The lowest BCUT2D eigenvalue weighted by atomic mass is 9.89. The first-order valence-electron chi connectivity index (χ1n) is 8.01. The number of para-hydroxylation sites is 1. The van der Waals surface area contributed by atoms with Gasteiger partial charge >= 0.3 is 0 Å². The van der Waals surface area contributed by atoms with Crippen LogP contribution >= 0.6 is 0 Å². The van der Waals surface area contributed by atoms with Gasteiger partial charge in [0.25, 0.3) is 0 Å². The topological polar surface area (TPSA) is 68.4 Å². The maximum absolute atomic E-state index is 12.4. The van der Waals surface area contributed by atoms with Gasteiger partial charge in [-0.15, -0.1) is 0 Å². The number of hydrogen-bond donors (Lipinski definition) is 4. The Balaban J connectivity index is 1.44. The smallest absolute Gasteiger partial charge is 0.238 e. The summed E-state index contributed by atoms with van der Waals surface area (Å²) in [6.07, 6.45) is 1.07. The molecule has 22 heavy (non-hydrogen) atoms. The minimum atomic E-state index is -0.139. The van der Waals surface area contributed by atoms with Crippen LogP contribution in [0.1, 0.15) is 6.42 Å². The van der Waals surface area contributed by atoms with Gasteiger partial charge in [0.05, 0.1) is 0 Å². The van der Waals surface area contributed by atoms with Crippen LogP contribution in [0.3, 0.4) is 0 Å². The van der Waals surface area contributed by atoms with Gasteiger partial charge in [-0.1, -0.05) is 18.2 Å². The van der Waals surface area contributed by atoms with Crippen molar-refractivity contribution in [3.63, 3.8) is 0 Å². The van der Waals surface area contributed by atoms with Crippen LogP contribution in [0.15, 0.2) is 30.3 Å². The zero-order chi connectivity index (χ0) is 15.4. The number of carbonyl (C=O) groups is 1. The molecular weight excluding hydrogens is 278 g/mol. The van der Waals surface area contributed by atoms with Crippen LogP contribution < -0.4 is 26.4 Å². The molecule has 3 atom stereocenters. The Morgan fingerprint density at radius 3 is 2.95 bits per heavy atom. The Hall–Kier alpha value is -1.63. The molecule has 1 aromatic carbocycles. The van der Waals surface area contributed by atoms with Crippen molar-refractivity contribution in [3.05, 3.63) is 30.3 Å². The highest BCUT2D eigenvalue weighted by atomic mass is 16.2. The molecule has 120 valence electrons. The molecule has 2 aliphatic heterocycles. The van der Waals surface area contributed by atoms with E-state index in [1.807, 2.05) is 25.2 Å². The van der Waals surface area contributed by atoms with E-state index in [2.05, 4.69) is 38.5 Å². The Kier molecular flexibility index (Phi) is 4.92. The average molecular weight is 303 g/mol. The van der Waals surface area contributed by atoms with E-state index in [1.54, 1.807) is 0 Å². The van der Waals surface area contributed by atoms with Gasteiger partial charge in [0.1, 0.15) is 6.04 Å². The number of benzene rings is 1. The molecule has 2 fully saturated rings. The zero-order valence-electron chi connectivity index (χ0n) is 13.0. The second-order valence-corrected chi connectivity index (χ2v) is 6.08. The third-order valence-corrected chi connectivity index (χ3v) is 4.61. The fourth-order valence-electron chi connectivity index (χ4n) is 3.24. The van der Waals surface area contributed by atoms with Crippen molar-refractivity contribution in [3.8, 4) is 0 Å². The number of amides is 1. The molecule has 0 aliphatic carbocycles. The number of fused-ring (bicyclic) bond motifs is 1. The summed E-state index contributed by atoms with van der Waals surface area (Å²) < 4.78 is 0. The maximum atomic E-state index is 12.4. The summed E-state index contributed by atoms with van der Waals surface area (Å²) in [7, 11) is 2.04. The van der Waals surface area contributed by atoms with Crippen LogP contribution in [0, 0.1) is 5.92 Å². The second-order valence-electron chi connectivity index (χ2n) is 6.08. The van der Waals surface area contributed by atoms with Gasteiger partial charge in [0, 0.05) is 44.3 Å². The van der Waals surface area contributed by atoms with Crippen molar-refractivity contribution in [2.75, 3.05) is 38.1 Å². The Bertz CT molecular complexity index is 495. The third kappa shape index (κ3) is 3.40. The van der Waals surface area contributed by atoms with Crippen LogP contribution in [0.5, 0.6) is 0 Å². The molecule has 3 rings (SSSR count). The van der Waals surface area contributed by atoms with E-state index < -0.39 is 0 Å². The number of carbonyl (C=O) groups excluding carboxylic acids is 1. The number of nitrogens with one attached hydrogen (secondary N) is 4. The summed E-state index contributed by atoms with van der Waals surface area (Å²) in [5, 5.41) is 6.42. The van der Waals surface area contributed by atoms with Crippen LogP contribution in [0.2, 0.25) is 0 Å². The molecule has 0 radical (unpaired) electrons. The monoisotopic (exact) mass is 303 g/mol. The highest BCUT2D eigenvalue weighted by Gasteiger charge is 2.40. The average Bonchev–Trinajstić information content (AvgIpc) is 2.99. The molecule has 6 heteroatoms. The molecule has 2 heterocycles. The minimum absolute atomic E-state index is 0.0881. The van der Waals surface area contributed by atoms with E-state index in [4.69, 9.17) is 0 Å². The highest BCUT2D eigenvalue weighted by Crippen LogP contribution is 2.19. The summed E-state index contributed by atoms with van der Waals surface area (Å²) >= 11 is 0. The van der Waals surface area contributed by atoms with Gasteiger partial charge in [-0.3, -0.25) is 10.2 Å². The first kappa shape index (κ1) is 15.3. The molecule has 2 aliphatic rings. The summed E-state index contributed by atoms with van der Waals surface area (Å²) in [6.45, 7) is 3.36. The number of anilines is 1. The number of hydrogen-bond acceptors (Lipinski definition) is 5. The highest BCUT2D eigenvalue weighted by molar-refractivity contribution is 5.82. The molecule has 1 aromatic rings. The van der Waals surface area contributed by atoms with Crippen molar-refractivity contribution in [2.45, 2.75) is 18.5 Å². The molecular formula is C16H25N5O. The fourth-order valence-corrected chi connectivity index (χ4v) is 3.24. The van der Waals surface area contributed by atoms with Crippen LogP contribution in [-0.2, 0) is 4.79 Å². The number of nitrogens with zero attached hydrogens (tertiary/aromatic N) is 1. The Morgan fingerprint density at radius 1 is 1.32 bits per heavy atom. The molecule has 6 nitrogen and oxygen atoms in total. The fraction of sp³-hybridized carbons (Fsp3) is 0.562. The Labute approximate surface area is 131 Å². The SMILES string of the molecule is CN(CCNC(=O)C1NNC2CCNCC21)c1ccccc1. The summed E-state index contributed by atoms with van der Waals surface area (Å²) in [5.41, 5.74) is 7.57. The second kappa shape index (κ2) is 7.09. The van der Waals surface area contributed by atoms with Crippen molar-refractivity contribution in [1.29, 1.82) is 0 Å². The van der Waals surface area contributed by atoms with Crippen molar-refractivity contribution >= 4 is 11.6 Å². The van der Waals surface area contributed by atoms with Gasteiger partial charge < -0.3 is 15.5 Å². The van der Waals surface area contributed by atoms with Gasteiger partial charge in [-0.2, -0.15) is 0 Å². The van der Waals surface area contributed by atoms with Gasteiger partial charge in [-0.25, -0.2) is 5.43 Å². The first-order chi connectivity index (χ1) is 10.8. The van der Waals surface area contributed by atoms with E-state index >= 15 is 0 Å². The zero-order valence-corrected chi connectivity index (χ0v) is 13.0. The van der Waals surface area contributed by atoms with Gasteiger partial charge in [0.2, 0.25) is 5.91 Å². The number of hydrazine groups is 1. The predicted octanol–water partition coefficient (Wildman–Crippen LogP) is -0.306. The van der Waals surface area contributed by atoms with E-state index in [1.165, 1.54) is 0 Å². The Morgan fingerprint density at radius 2 is 2.14 bits per heavy atom. The van der Waals surface area contributed by atoms with Gasteiger partial charge in [-0.05, 0) is 25.1 Å². The molecule has 4 N–H and O–H groups in total. The standard InChI is InChI=1S/C16H25N5O/c1-21(12-5-3-2-4-6-12)10-9-18-16(22)15-13-11-17-8-7-14(13)19-20-15/h2-6,13-15,17,19-20H,7-11H2,1H3,(H,18,22). The molecule has 0 spiro atoms. The summed E-state index contributed by atoms with van der Waals surface area (Å²) in [4.78, 5) is 14.5. The molecule has 0 aromatic heterocycles.